The van der Waals surface area contributed by atoms with E-state index in [0.29, 0.717) is 58.2 Å². The van der Waals surface area contributed by atoms with Crippen LogP contribution in [0.1, 0.15) is 68.9 Å². The lowest BCUT2D eigenvalue weighted by Gasteiger charge is -2.60. The number of aryl methyl sites for hydroxylation is 1. The molecule has 8 atom stereocenters. The molecule has 15 heteroatoms. The number of nitrogens with zero attached hydrogens (tertiary/aromatic N) is 3. The minimum atomic E-state index is -1.35. The van der Waals surface area contributed by atoms with Crippen LogP contribution < -0.4 is 30.0 Å². The number of phenols is 1. The van der Waals surface area contributed by atoms with Gasteiger partial charge >= 0.3 is 11.9 Å². The summed E-state index contributed by atoms with van der Waals surface area (Å²) in [5.74, 6) is 0.909. The fourth-order valence-corrected chi connectivity index (χ4v) is 12.7. The van der Waals surface area contributed by atoms with Gasteiger partial charge in [-0.15, -0.1) is 11.8 Å². The van der Waals surface area contributed by atoms with Gasteiger partial charge in [0.05, 0.1) is 36.2 Å². The van der Waals surface area contributed by atoms with Crippen molar-refractivity contribution in [1.29, 1.82) is 5.26 Å². The zero-order valence-corrected chi connectivity index (χ0v) is 33.2. The van der Waals surface area contributed by atoms with E-state index in [1.165, 1.54) is 18.7 Å². The molecular formula is C42H44N6O8S. The fourth-order valence-electron chi connectivity index (χ4n) is 11.0. The monoisotopic (exact) mass is 792 g/mol. The third kappa shape index (κ3) is 4.85. The Bertz CT molecular complexity index is 2460. The van der Waals surface area contributed by atoms with Crippen LogP contribution in [0.5, 0.6) is 28.7 Å². The molecule has 12 rings (SSSR count). The largest absolute Gasteiger partial charge is 0.504 e. The van der Waals surface area contributed by atoms with E-state index in [9.17, 15) is 15.2 Å². The maximum Gasteiger partial charge on any atom is 0.333 e. The minimum absolute atomic E-state index is 0.0329. The molecule has 1 spiro atoms. The number of phenolic OH excluding ortho intramolecular Hbond substituents is 1. The summed E-state index contributed by atoms with van der Waals surface area (Å²) >= 11 is 1.53. The number of rotatable bonds is 3. The molecule has 2 saturated heterocycles. The first-order valence-electron chi connectivity index (χ1n) is 19.3. The first-order valence-corrected chi connectivity index (χ1v) is 20.3. The first kappa shape index (κ1) is 36.4. The second-order valence-electron chi connectivity index (χ2n) is 16.2. The number of ether oxygens (including phenoxy) is 5. The summed E-state index contributed by atoms with van der Waals surface area (Å²) in [6, 6.07) is 10.8. The van der Waals surface area contributed by atoms with Crippen LogP contribution >= 0.6 is 11.8 Å². The molecule has 1 aromatic heterocycles. The molecule has 2 fully saturated rings. The van der Waals surface area contributed by atoms with Gasteiger partial charge in [0.15, 0.2) is 28.5 Å². The summed E-state index contributed by atoms with van der Waals surface area (Å²) in [6.45, 7) is 5.53. The second kappa shape index (κ2) is 12.8. The second-order valence-corrected chi connectivity index (χ2v) is 17.4. The number of carbonyl (C=O) groups is 2. The average Bonchev–Trinajstić information content (AvgIpc) is 3.78. The normalized spacial score (nSPS) is 30.8. The minimum Gasteiger partial charge on any atom is -0.504 e. The number of hydrogen-bond acceptors (Lipinski definition) is 14. The molecule has 296 valence electrons. The van der Waals surface area contributed by atoms with Crippen molar-refractivity contribution in [1.82, 2.24) is 20.1 Å². The number of aromatic nitrogens is 1. The number of para-hydroxylation sites is 1. The molecule has 0 saturated carbocycles. The third-order valence-electron chi connectivity index (χ3n) is 13.1. The van der Waals surface area contributed by atoms with Crippen molar-refractivity contribution in [3.8, 4) is 34.8 Å². The highest BCUT2D eigenvalue weighted by atomic mass is 32.2. The van der Waals surface area contributed by atoms with Crippen LogP contribution in [0.3, 0.4) is 0 Å². The van der Waals surface area contributed by atoms with E-state index in [4.69, 9.17) is 29.4 Å². The number of nitrogens with two attached hydrogens (primary N) is 1. The number of thioether (sulfide) groups is 1. The van der Waals surface area contributed by atoms with E-state index < -0.39 is 46.4 Å². The highest BCUT2D eigenvalue weighted by Crippen LogP contribution is 2.65. The first-order chi connectivity index (χ1) is 27.5. The van der Waals surface area contributed by atoms with Gasteiger partial charge < -0.3 is 39.5 Å². The van der Waals surface area contributed by atoms with Gasteiger partial charge in [0.25, 0.3) is 0 Å². The van der Waals surface area contributed by atoms with Gasteiger partial charge in [0.2, 0.25) is 6.79 Å². The Balaban J connectivity index is 1.27. The maximum absolute atomic E-state index is 15.1. The van der Waals surface area contributed by atoms with Gasteiger partial charge in [-0.05, 0) is 50.1 Å². The zero-order valence-electron chi connectivity index (χ0n) is 32.4. The number of hydrogen-bond donors (Lipinski definition) is 4. The number of benzene rings is 3. The Hall–Kier alpha value is -4.98. The van der Waals surface area contributed by atoms with Crippen molar-refractivity contribution in [2.24, 2.45) is 5.73 Å². The number of aromatic hydroxyl groups is 1. The van der Waals surface area contributed by atoms with Crippen LogP contribution in [0, 0.1) is 25.2 Å². The summed E-state index contributed by atoms with van der Waals surface area (Å²) in [4.78, 5) is 36.1. The zero-order chi connectivity index (χ0) is 39.7. The van der Waals surface area contributed by atoms with Crippen LogP contribution in [-0.4, -0.2) is 95.9 Å². The topological polar surface area (TPSA) is 185 Å². The molecule has 14 nitrogen and oxygen atoms in total. The van der Waals surface area contributed by atoms with Crippen LogP contribution in [0.2, 0.25) is 0 Å². The van der Waals surface area contributed by atoms with Crippen LogP contribution in [0.15, 0.2) is 30.3 Å². The van der Waals surface area contributed by atoms with E-state index in [2.05, 4.69) is 32.2 Å². The molecule has 0 radical (unpaired) electrons. The number of carbonyl (C=O) groups excluding carboxylic acids is 2. The van der Waals surface area contributed by atoms with Gasteiger partial charge in [0.1, 0.15) is 17.9 Å². The lowest BCUT2D eigenvalue weighted by atomic mass is 9.76. The summed E-state index contributed by atoms with van der Waals surface area (Å²) in [5, 5.41) is 27.8. The molecular weight excluding hydrogens is 749 g/mol. The number of methoxy groups -OCH3 is 1. The molecule has 0 aliphatic carbocycles. The van der Waals surface area contributed by atoms with Gasteiger partial charge in [0, 0.05) is 77.4 Å². The van der Waals surface area contributed by atoms with Gasteiger partial charge in [-0.3, -0.25) is 19.9 Å². The fraction of sp³-hybridized carbons (Fsp3) is 0.452. The Kier molecular flexibility index (Phi) is 8.14. The molecule has 5 N–H and O–H groups in total. The Morgan fingerprint density at radius 1 is 1.16 bits per heavy atom. The molecule has 57 heavy (non-hydrogen) atoms. The van der Waals surface area contributed by atoms with Crippen molar-refractivity contribution in [2.75, 3.05) is 46.4 Å². The maximum atomic E-state index is 15.1. The molecule has 9 heterocycles. The van der Waals surface area contributed by atoms with Crippen molar-refractivity contribution in [3.05, 3.63) is 75.0 Å². The van der Waals surface area contributed by atoms with E-state index in [1.54, 1.807) is 7.11 Å². The van der Waals surface area contributed by atoms with Crippen LogP contribution in [-0.2, 0) is 32.7 Å². The Morgan fingerprint density at radius 2 is 1.95 bits per heavy atom. The molecule has 8 aliphatic heterocycles. The number of aromatic amines is 1. The van der Waals surface area contributed by atoms with E-state index in [-0.39, 0.29) is 43.9 Å². The number of esters is 2. The number of nitrogens with one attached hydrogen (secondary N) is 2. The highest BCUT2D eigenvalue weighted by Gasteiger charge is 2.64. The lowest BCUT2D eigenvalue weighted by Crippen LogP contribution is -2.69. The quantitative estimate of drug-likeness (QED) is 0.172. The molecule has 2 unspecified atom stereocenters. The number of H-pyrrole nitrogens is 1. The SMILES string of the molecule is COc1c(C)cc2c(c1O)[C@H]1[C@@H]3[C@@H]4SC[C@]5(N[C@@H](CN)Cc6c5[nH]c5ccccc65)C(=O)OC[C@@H](c5c6c(c(C)c(OC(C)=O)c54)OCO6)N3C(C#N)(C2)CN1C. The molecule has 3 aromatic carbocycles. The molecule has 8 aliphatic rings. The number of fused-ring (bicyclic) bond motifs is 8. The van der Waals surface area contributed by atoms with E-state index >= 15 is 4.79 Å². The lowest BCUT2D eigenvalue weighted by molar-refractivity contribution is -0.158. The van der Waals surface area contributed by atoms with Crippen LogP contribution in [0.25, 0.3) is 10.9 Å². The summed E-state index contributed by atoms with van der Waals surface area (Å²) < 4.78 is 30.9. The Labute approximate surface area is 333 Å². The smallest absolute Gasteiger partial charge is 0.333 e. The highest BCUT2D eigenvalue weighted by molar-refractivity contribution is 7.99. The predicted molar refractivity (Wildman–Crippen MR) is 210 cm³/mol. The van der Waals surface area contributed by atoms with Crippen molar-refractivity contribution < 1.29 is 38.4 Å². The number of nitriles is 1. The van der Waals surface area contributed by atoms with Gasteiger partial charge in [-0.2, -0.15) is 5.26 Å². The van der Waals surface area contributed by atoms with Crippen LogP contribution in [0.4, 0.5) is 0 Å². The Morgan fingerprint density at radius 3 is 2.70 bits per heavy atom. The number of likely N-dealkylation sites (N-methyl/N-ethyl adjacent to an activating group) is 1. The van der Waals surface area contributed by atoms with E-state index in [0.717, 1.165) is 33.3 Å². The van der Waals surface area contributed by atoms with Gasteiger partial charge in [-0.1, -0.05) is 24.3 Å². The third-order valence-corrected chi connectivity index (χ3v) is 14.6. The standard InChI is InChI=1S/C42H44N6O8S/c1-19-10-22-12-41(15-44)16-47(4)31(28(22)33(50)34(19)52-5)32-38-30-29(37-36(54-18-55-37)20(2)35(30)56-21(3)49)27(48(32)41)14-53-40(51)42(17-57-38)39-25(11-23(13-43)46-42)24-8-6-7-9-26(24)45-39/h6-10,23,27,31-32,38,45-46,50H,11-14,16-18,43H2,1-5H3/t23-,27+,31+,32-,38-,41?,42-/m1/s1. The molecule has 4 bridgehead atoms. The number of piperazine rings is 1. The summed E-state index contributed by atoms with van der Waals surface area (Å²) in [6.07, 6.45) is 0.908. The summed E-state index contributed by atoms with van der Waals surface area (Å²) in [7, 11) is 3.53. The van der Waals surface area contributed by atoms with E-state index in [1.807, 2.05) is 45.2 Å². The molecule has 4 aromatic rings. The average molecular weight is 793 g/mol. The van der Waals surface area contributed by atoms with Gasteiger partial charge in [-0.25, -0.2) is 4.79 Å². The molecule has 0 amide bonds. The van der Waals surface area contributed by atoms with Crippen molar-refractivity contribution in [2.45, 2.75) is 74.1 Å². The summed E-state index contributed by atoms with van der Waals surface area (Å²) in [5.41, 5.74) is 10.8. The van der Waals surface area contributed by atoms with Crippen molar-refractivity contribution in [3.63, 3.8) is 0 Å². The van der Waals surface area contributed by atoms with Crippen molar-refractivity contribution >= 4 is 34.6 Å². The predicted octanol–water partition coefficient (Wildman–Crippen LogP) is 4.08.